The first kappa shape index (κ1) is 12.3. The summed E-state index contributed by atoms with van der Waals surface area (Å²) in [6.45, 7) is 0. The van der Waals surface area contributed by atoms with E-state index in [0.717, 1.165) is 6.07 Å². The maximum absolute atomic E-state index is 13.0. The van der Waals surface area contributed by atoms with Gasteiger partial charge >= 0.3 is 0 Å². The third kappa shape index (κ3) is 2.40. The van der Waals surface area contributed by atoms with Crippen molar-refractivity contribution in [3.05, 3.63) is 24.0 Å². The lowest BCUT2D eigenvalue weighted by Crippen LogP contribution is -2.45. The van der Waals surface area contributed by atoms with E-state index in [1.165, 1.54) is 12.1 Å². The second-order valence-corrected chi connectivity index (χ2v) is 3.98. The van der Waals surface area contributed by atoms with Crippen molar-refractivity contribution in [2.45, 2.75) is 18.6 Å². The lowest BCUT2D eigenvalue weighted by molar-refractivity contribution is -0.125. The summed E-state index contributed by atoms with van der Waals surface area (Å²) in [4.78, 5) is 22.5. The summed E-state index contributed by atoms with van der Waals surface area (Å²) in [5.74, 6) is -1.44. The summed E-state index contributed by atoms with van der Waals surface area (Å²) in [7, 11) is 0. The SMILES string of the molecule is NC(=O)C(N)C[C@@H]1Oc2cc(F)ccc2NC1=O. The molecule has 18 heavy (non-hydrogen) atoms. The molecule has 0 saturated carbocycles. The zero-order valence-corrected chi connectivity index (χ0v) is 9.35. The number of benzene rings is 1. The lowest BCUT2D eigenvalue weighted by atomic mass is 10.1. The van der Waals surface area contributed by atoms with Crippen molar-refractivity contribution in [2.24, 2.45) is 11.5 Å². The van der Waals surface area contributed by atoms with Crippen molar-refractivity contribution in [3.63, 3.8) is 0 Å². The van der Waals surface area contributed by atoms with Crippen molar-refractivity contribution in [1.29, 1.82) is 0 Å². The summed E-state index contributed by atoms with van der Waals surface area (Å²) in [6.07, 6.45) is -1.02. The van der Waals surface area contributed by atoms with Crippen LogP contribution in [0.15, 0.2) is 18.2 Å². The minimum atomic E-state index is -0.990. The fourth-order valence-electron chi connectivity index (χ4n) is 1.62. The summed E-state index contributed by atoms with van der Waals surface area (Å²) >= 11 is 0. The number of amides is 2. The van der Waals surface area contributed by atoms with Gasteiger partial charge in [0.05, 0.1) is 11.7 Å². The Morgan fingerprint density at radius 1 is 1.56 bits per heavy atom. The van der Waals surface area contributed by atoms with Gasteiger partial charge in [-0.1, -0.05) is 0 Å². The van der Waals surface area contributed by atoms with E-state index in [9.17, 15) is 14.0 Å². The Balaban J connectivity index is 2.17. The number of halogens is 1. The molecule has 0 aromatic heterocycles. The third-order valence-electron chi connectivity index (χ3n) is 2.60. The number of nitrogens with one attached hydrogen (secondary N) is 1. The van der Waals surface area contributed by atoms with Gasteiger partial charge in [-0.2, -0.15) is 0 Å². The number of carbonyl (C=O) groups excluding carboxylic acids is 2. The molecule has 5 N–H and O–H groups in total. The number of fused-ring (bicyclic) bond motifs is 1. The van der Waals surface area contributed by atoms with Gasteiger partial charge < -0.3 is 21.5 Å². The van der Waals surface area contributed by atoms with Crippen molar-refractivity contribution < 1.29 is 18.7 Å². The average Bonchev–Trinajstić information content (AvgIpc) is 2.30. The molecule has 1 aliphatic rings. The molecule has 0 aliphatic carbocycles. The summed E-state index contributed by atoms with van der Waals surface area (Å²) in [5, 5.41) is 2.54. The molecule has 6 nitrogen and oxygen atoms in total. The summed E-state index contributed by atoms with van der Waals surface area (Å²) in [6, 6.07) is 2.76. The number of hydrogen-bond acceptors (Lipinski definition) is 4. The molecule has 0 radical (unpaired) electrons. The highest BCUT2D eigenvalue weighted by Gasteiger charge is 2.30. The third-order valence-corrected chi connectivity index (χ3v) is 2.60. The molecule has 2 amide bonds. The van der Waals surface area contributed by atoms with Crippen LogP contribution < -0.4 is 21.5 Å². The van der Waals surface area contributed by atoms with Gasteiger partial charge in [0.2, 0.25) is 5.91 Å². The van der Waals surface area contributed by atoms with Crippen LogP contribution in [0.5, 0.6) is 5.75 Å². The Bertz CT molecular complexity index is 506. The van der Waals surface area contributed by atoms with Gasteiger partial charge in [-0.3, -0.25) is 9.59 Å². The predicted molar refractivity (Wildman–Crippen MR) is 61.2 cm³/mol. The van der Waals surface area contributed by atoms with Crippen LogP contribution in [-0.4, -0.2) is 24.0 Å². The molecule has 1 aromatic rings. The first-order valence-electron chi connectivity index (χ1n) is 5.29. The second-order valence-electron chi connectivity index (χ2n) is 3.98. The van der Waals surface area contributed by atoms with Gasteiger partial charge in [0.1, 0.15) is 11.6 Å². The van der Waals surface area contributed by atoms with E-state index in [1.54, 1.807) is 0 Å². The van der Waals surface area contributed by atoms with E-state index in [4.69, 9.17) is 16.2 Å². The highest BCUT2D eigenvalue weighted by molar-refractivity contribution is 5.98. The molecule has 1 unspecified atom stereocenters. The lowest BCUT2D eigenvalue weighted by Gasteiger charge is -2.26. The van der Waals surface area contributed by atoms with E-state index in [-0.39, 0.29) is 12.2 Å². The fourth-order valence-corrected chi connectivity index (χ4v) is 1.62. The Morgan fingerprint density at radius 3 is 2.94 bits per heavy atom. The number of nitrogens with two attached hydrogens (primary N) is 2. The van der Waals surface area contributed by atoms with E-state index in [0.29, 0.717) is 5.69 Å². The van der Waals surface area contributed by atoms with Crippen molar-refractivity contribution in [3.8, 4) is 5.75 Å². The summed E-state index contributed by atoms with van der Waals surface area (Å²) in [5.41, 5.74) is 10.8. The van der Waals surface area contributed by atoms with Crippen LogP contribution >= 0.6 is 0 Å². The quantitative estimate of drug-likeness (QED) is 0.689. The Labute approximate surface area is 102 Å². The molecular weight excluding hydrogens is 241 g/mol. The normalized spacial score (nSPS) is 19.4. The highest BCUT2D eigenvalue weighted by atomic mass is 19.1. The van der Waals surface area contributed by atoms with E-state index in [1.807, 2.05) is 0 Å². The molecule has 2 rings (SSSR count). The van der Waals surface area contributed by atoms with Crippen molar-refractivity contribution >= 4 is 17.5 Å². The topological polar surface area (TPSA) is 107 Å². The monoisotopic (exact) mass is 253 g/mol. The van der Waals surface area contributed by atoms with Crippen LogP contribution in [0.3, 0.4) is 0 Å². The number of ether oxygens (including phenoxy) is 1. The second kappa shape index (κ2) is 4.61. The van der Waals surface area contributed by atoms with E-state index >= 15 is 0 Å². The largest absolute Gasteiger partial charge is 0.478 e. The molecule has 1 aliphatic heterocycles. The minimum Gasteiger partial charge on any atom is -0.478 e. The van der Waals surface area contributed by atoms with Gasteiger partial charge in [-0.25, -0.2) is 4.39 Å². The van der Waals surface area contributed by atoms with Gasteiger partial charge in [-0.15, -0.1) is 0 Å². The molecule has 0 saturated heterocycles. The first-order chi connectivity index (χ1) is 8.47. The minimum absolute atomic E-state index is 0.0584. The van der Waals surface area contributed by atoms with Crippen LogP contribution in [0, 0.1) is 5.82 Å². The molecule has 1 heterocycles. The number of primary amides is 1. The van der Waals surface area contributed by atoms with Gasteiger partial charge in [-0.05, 0) is 12.1 Å². The summed E-state index contributed by atoms with van der Waals surface area (Å²) < 4.78 is 18.3. The molecule has 96 valence electrons. The zero-order chi connectivity index (χ0) is 13.3. The maximum Gasteiger partial charge on any atom is 0.265 e. The molecule has 0 fully saturated rings. The van der Waals surface area contributed by atoms with Crippen LogP contribution in [0.25, 0.3) is 0 Å². The first-order valence-corrected chi connectivity index (χ1v) is 5.29. The number of hydrogen-bond donors (Lipinski definition) is 3. The van der Waals surface area contributed by atoms with E-state index in [2.05, 4.69) is 5.32 Å². The van der Waals surface area contributed by atoms with Gasteiger partial charge in [0, 0.05) is 12.5 Å². The molecular formula is C11H12FN3O3. The molecule has 0 bridgehead atoms. The smallest absolute Gasteiger partial charge is 0.265 e. The standard InChI is InChI=1S/C11H12FN3O3/c12-5-1-2-7-8(3-5)18-9(11(17)15-7)4-6(13)10(14)16/h1-3,6,9H,4,13H2,(H2,14,16)(H,15,17)/t6?,9-/m0/s1. The molecule has 0 spiro atoms. The van der Waals surface area contributed by atoms with Crippen LogP contribution in [0.1, 0.15) is 6.42 Å². The van der Waals surface area contributed by atoms with Crippen LogP contribution in [-0.2, 0) is 9.59 Å². The highest BCUT2D eigenvalue weighted by Crippen LogP contribution is 2.30. The molecule has 1 aromatic carbocycles. The Hall–Kier alpha value is -2.15. The Morgan fingerprint density at radius 2 is 2.28 bits per heavy atom. The van der Waals surface area contributed by atoms with Gasteiger partial charge in [0.15, 0.2) is 6.10 Å². The van der Waals surface area contributed by atoms with Crippen LogP contribution in [0.2, 0.25) is 0 Å². The average molecular weight is 253 g/mol. The number of carbonyl (C=O) groups is 2. The zero-order valence-electron chi connectivity index (χ0n) is 9.35. The van der Waals surface area contributed by atoms with Crippen LogP contribution in [0.4, 0.5) is 10.1 Å². The van der Waals surface area contributed by atoms with Gasteiger partial charge in [0.25, 0.3) is 5.91 Å². The van der Waals surface area contributed by atoms with E-state index < -0.39 is 29.8 Å². The Kier molecular flexibility index (Phi) is 3.15. The fraction of sp³-hybridized carbons (Fsp3) is 0.273. The maximum atomic E-state index is 13.0. The molecule has 7 heteroatoms. The molecule has 2 atom stereocenters. The number of rotatable bonds is 3. The number of anilines is 1. The van der Waals surface area contributed by atoms with Crippen molar-refractivity contribution in [2.75, 3.05) is 5.32 Å². The predicted octanol–water partition coefficient (Wildman–Crippen LogP) is -0.272. The van der Waals surface area contributed by atoms with Crippen molar-refractivity contribution in [1.82, 2.24) is 0 Å².